The average molecular weight is 444 g/mol. The number of hydrogen-bond acceptors (Lipinski definition) is 7. The van der Waals surface area contributed by atoms with Crippen LogP contribution < -0.4 is 10.6 Å². The number of aliphatic hydroxyl groups is 1. The second-order valence-electron chi connectivity index (χ2n) is 9.17. The van der Waals surface area contributed by atoms with E-state index in [0.717, 1.165) is 64.6 Å². The molecule has 0 saturated carbocycles. The summed E-state index contributed by atoms with van der Waals surface area (Å²) in [5.41, 5.74) is 2.88. The van der Waals surface area contributed by atoms with Gasteiger partial charge in [-0.05, 0) is 58.6 Å². The first-order valence-corrected chi connectivity index (χ1v) is 11.9. The molecule has 31 heavy (non-hydrogen) atoms. The summed E-state index contributed by atoms with van der Waals surface area (Å²) < 4.78 is 9.07. The Morgan fingerprint density at radius 3 is 2.84 bits per heavy atom. The van der Waals surface area contributed by atoms with Gasteiger partial charge in [0.25, 0.3) is 0 Å². The van der Waals surface area contributed by atoms with Crippen LogP contribution in [-0.4, -0.2) is 44.7 Å². The highest BCUT2D eigenvalue weighted by molar-refractivity contribution is 7.22. The van der Waals surface area contributed by atoms with E-state index >= 15 is 0 Å². The van der Waals surface area contributed by atoms with Crippen LogP contribution in [0, 0.1) is 0 Å². The molecule has 8 heteroatoms. The monoisotopic (exact) mass is 443 g/mol. The lowest BCUT2D eigenvalue weighted by Gasteiger charge is -2.24. The summed E-state index contributed by atoms with van der Waals surface area (Å²) in [6.45, 7) is 9.31. The van der Waals surface area contributed by atoms with Gasteiger partial charge in [-0.15, -0.1) is 11.3 Å². The largest absolute Gasteiger partial charge is 0.394 e. The van der Waals surface area contributed by atoms with Crippen LogP contribution in [0.15, 0.2) is 24.4 Å². The molecule has 4 heterocycles. The van der Waals surface area contributed by atoms with E-state index in [4.69, 9.17) is 9.72 Å². The fourth-order valence-electron chi connectivity index (χ4n) is 3.86. The molecule has 0 aromatic carbocycles. The second-order valence-corrected chi connectivity index (χ2v) is 10.2. The van der Waals surface area contributed by atoms with Gasteiger partial charge in [0, 0.05) is 30.5 Å². The Morgan fingerprint density at radius 1 is 1.32 bits per heavy atom. The van der Waals surface area contributed by atoms with E-state index < -0.39 is 0 Å². The molecule has 0 spiro atoms. The molecular formula is C23H33N5O2S. The van der Waals surface area contributed by atoms with Crippen molar-refractivity contribution in [1.82, 2.24) is 14.8 Å². The molecule has 3 aromatic heterocycles. The number of anilines is 2. The molecule has 1 aliphatic heterocycles. The minimum Gasteiger partial charge on any atom is -0.394 e. The van der Waals surface area contributed by atoms with Gasteiger partial charge in [-0.25, -0.2) is 9.67 Å². The first kappa shape index (κ1) is 22.0. The van der Waals surface area contributed by atoms with E-state index in [0.29, 0.717) is 0 Å². The molecule has 7 nitrogen and oxygen atoms in total. The van der Waals surface area contributed by atoms with Crippen LogP contribution in [0.5, 0.6) is 0 Å². The average Bonchev–Trinajstić information content (AvgIpc) is 3.38. The molecule has 1 fully saturated rings. The highest BCUT2D eigenvalue weighted by Crippen LogP contribution is 2.40. The van der Waals surface area contributed by atoms with Crippen LogP contribution >= 0.6 is 11.3 Å². The van der Waals surface area contributed by atoms with Gasteiger partial charge in [0.2, 0.25) is 0 Å². The number of fused-ring (bicyclic) bond motifs is 1. The molecule has 3 aromatic rings. The summed E-state index contributed by atoms with van der Waals surface area (Å²) in [6.07, 6.45) is 5.93. The van der Waals surface area contributed by atoms with E-state index in [1.165, 1.54) is 0 Å². The molecule has 4 rings (SSSR count). The van der Waals surface area contributed by atoms with Crippen molar-refractivity contribution in [1.29, 1.82) is 0 Å². The van der Waals surface area contributed by atoms with Crippen molar-refractivity contribution < 1.29 is 9.84 Å². The second kappa shape index (κ2) is 9.14. The van der Waals surface area contributed by atoms with Gasteiger partial charge in [-0.3, -0.25) is 0 Å². The maximum absolute atomic E-state index is 9.74. The van der Waals surface area contributed by atoms with E-state index in [-0.39, 0.29) is 24.4 Å². The van der Waals surface area contributed by atoms with Gasteiger partial charge in [0.05, 0.1) is 33.1 Å². The fraction of sp³-hybridized carbons (Fsp3) is 0.565. The molecule has 0 aliphatic carbocycles. The maximum Gasteiger partial charge on any atom is 0.150 e. The third-order valence-electron chi connectivity index (χ3n) is 5.41. The summed E-state index contributed by atoms with van der Waals surface area (Å²) in [6, 6.07) is 6.23. The van der Waals surface area contributed by atoms with Gasteiger partial charge in [-0.1, -0.05) is 6.92 Å². The molecule has 1 saturated heterocycles. The van der Waals surface area contributed by atoms with Crippen molar-refractivity contribution in [3.8, 4) is 10.6 Å². The van der Waals surface area contributed by atoms with Crippen molar-refractivity contribution >= 4 is 33.1 Å². The standard InChI is InChI=1S/C23H33N5O2S/c1-5-15(14-29)25-17-13-20(27-23(2,3)4)26-16-12-19(31-22(16)17)18-9-10-24-28(18)21-8-6-7-11-30-21/h9-10,12-13,15,21,29H,5-8,11,14H2,1-4H3,(H2,25,26,27)/t15-,21?/m0/s1. The minimum atomic E-state index is -0.102. The van der Waals surface area contributed by atoms with Crippen molar-refractivity contribution in [2.45, 2.75) is 71.2 Å². The lowest BCUT2D eigenvalue weighted by Crippen LogP contribution is -2.27. The Balaban J connectivity index is 1.76. The van der Waals surface area contributed by atoms with Crippen LogP contribution in [0.1, 0.15) is 59.6 Å². The van der Waals surface area contributed by atoms with Crippen molar-refractivity contribution in [3.05, 3.63) is 24.4 Å². The number of rotatable bonds is 7. The number of thiophene rings is 1. The normalized spacial score (nSPS) is 18.3. The van der Waals surface area contributed by atoms with E-state index in [1.807, 2.05) is 23.0 Å². The number of pyridine rings is 1. The van der Waals surface area contributed by atoms with Crippen LogP contribution in [-0.2, 0) is 4.74 Å². The molecular weight excluding hydrogens is 410 g/mol. The Labute approximate surface area is 187 Å². The van der Waals surface area contributed by atoms with Gasteiger partial charge < -0.3 is 20.5 Å². The van der Waals surface area contributed by atoms with E-state index in [9.17, 15) is 5.11 Å². The fourth-order valence-corrected chi connectivity index (χ4v) is 4.95. The molecule has 168 valence electrons. The molecule has 1 unspecified atom stereocenters. The zero-order valence-electron chi connectivity index (χ0n) is 18.8. The molecule has 0 radical (unpaired) electrons. The van der Waals surface area contributed by atoms with Gasteiger partial charge in [0.1, 0.15) is 5.82 Å². The smallest absolute Gasteiger partial charge is 0.150 e. The van der Waals surface area contributed by atoms with E-state index in [1.54, 1.807) is 11.3 Å². The van der Waals surface area contributed by atoms with Crippen molar-refractivity contribution in [3.63, 3.8) is 0 Å². The van der Waals surface area contributed by atoms with Crippen LogP contribution in [0.2, 0.25) is 0 Å². The molecule has 0 bridgehead atoms. The number of nitrogens with zero attached hydrogens (tertiary/aromatic N) is 3. The number of hydrogen-bond donors (Lipinski definition) is 3. The molecule has 2 atom stereocenters. The summed E-state index contributed by atoms with van der Waals surface area (Å²) in [4.78, 5) is 6.00. The number of aromatic nitrogens is 3. The lowest BCUT2D eigenvalue weighted by molar-refractivity contribution is -0.0383. The summed E-state index contributed by atoms with van der Waals surface area (Å²) >= 11 is 1.70. The first-order valence-electron chi connectivity index (χ1n) is 11.1. The van der Waals surface area contributed by atoms with Crippen LogP contribution in [0.4, 0.5) is 11.5 Å². The number of ether oxygens (including phenoxy) is 1. The zero-order valence-corrected chi connectivity index (χ0v) is 19.6. The lowest BCUT2D eigenvalue weighted by atomic mass is 10.1. The van der Waals surface area contributed by atoms with Crippen LogP contribution in [0.25, 0.3) is 20.8 Å². The zero-order chi connectivity index (χ0) is 22.0. The maximum atomic E-state index is 9.74. The molecule has 1 aliphatic rings. The highest BCUT2D eigenvalue weighted by Gasteiger charge is 2.22. The summed E-state index contributed by atoms with van der Waals surface area (Å²) in [5.74, 6) is 0.823. The SMILES string of the molecule is CC[C@@H](CO)Nc1cc(NC(C)(C)C)nc2cc(-c3ccnn3C3CCCCO3)sc12. The van der Waals surface area contributed by atoms with E-state index in [2.05, 4.69) is 49.5 Å². The Morgan fingerprint density at radius 2 is 2.16 bits per heavy atom. The third-order valence-corrected chi connectivity index (χ3v) is 6.59. The van der Waals surface area contributed by atoms with Crippen molar-refractivity contribution in [2.75, 3.05) is 23.8 Å². The third kappa shape index (κ3) is 5.02. The molecule has 0 amide bonds. The van der Waals surface area contributed by atoms with Crippen molar-refractivity contribution in [2.24, 2.45) is 0 Å². The number of aliphatic hydroxyl groups excluding tert-OH is 1. The van der Waals surface area contributed by atoms with Gasteiger partial charge in [0.15, 0.2) is 6.23 Å². The summed E-state index contributed by atoms with van der Waals surface area (Å²) in [5, 5.41) is 21.3. The highest BCUT2D eigenvalue weighted by atomic mass is 32.1. The van der Waals surface area contributed by atoms with Gasteiger partial charge >= 0.3 is 0 Å². The summed E-state index contributed by atoms with van der Waals surface area (Å²) in [7, 11) is 0. The van der Waals surface area contributed by atoms with Gasteiger partial charge in [-0.2, -0.15) is 5.10 Å². The first-order chi connectivity index (χ1) is 14.9. The Kier molecular flexibility index (Phi) is 6.50. The number of nitrogens with one attached hydrogen (secondary N) is 2. The Hall–Kier alpha value is -2.16. The van der Waals surface area contributed by atoms with Crippen LogP contribution in [0.3, 0.4) is 0 Å². The quantitative estimate of drug-likeness (QED) is 0.462. The predicted molar refractivity (Wildman–Crippen MR) is 128 cm³/mol. The molecule has 3 N–H and O–H groups in total. The minimum absolute atomic E-state index is 0.000182. The Bertz CT molecular complexity index is 1010. The predicted octanol–water partition coefficient (Wildman–Crippen LogP) is 5.25. The topological polar surface area (TPSA) is 84.2 Å².